The molecule has 0 radical (unpaired) electrons. The van der Waals surface area contributed by atoms with Gasteiger partial charge in [-0.25, -0.2) is 0 Å². The Hall–Kier alpha value is -1.69. The van der Waals surface area contributed by atoms with Crippen molar-refractivity contribution >= 4 is 33.7 Å². The molecule has 1 aromatic rings. The summed E-state index contributed by atoms with van der Waals surface area (Å²) in [6.45, 7) is 2.67. The zero-order valence-corrected chi connectivity index (χ0v) is 16.1. The summed E-state index contributed by atoms with van der Waals surface area (Å²) in [5.41, 5.74) is 1.02. The van der Waals surface area contributed by atoms with Crippen molar-refractivity contribution in [2.45, 2.75) is 50.3 Å². The Kier molecular flexibility index (Phi) is 7.62. The van der Waals surface area contributed by atoms with Crippen molar-refractivity contribution in [3.63, 3.8) is 0 Å². The van der Waals surface area contributed by atoms with Crippen LogP contribution < -0.4 is 0 Å². The first kappa shape index (κ1) is 19.6. The highest BCUT2D eigenvalue weighted by Crippen LogP contribution is 2.23. The average Bonchev–Trinajstić information content (AvgIpc) is 2.86. The van der Waals surface area contributed by atoms with Gasteiger partial charge in [0.15, 0.2) is 0 Å². The van der Waals surface area contributed by atoms with Gasteiger partial charge in [0.2, 0.25) is 0 Å². The summed E-state index contributed by atoms with van der Waals surface area (Å²) in [5, 5.41) is 0. The maximum absolute atomic E-state index is 12.2. The summed E-state index contributed by atoms with van der Waals surface area (Å²) in [4.78, 5) is 37.0. The number of nitrogens with zero attached hydrogens (tertiary/aromatic N) is 1. The Labute approximate surface area is 156 Å². The van der Waals surface area contributed by atoms with Gasteiger partial charge in [0.25, 0.3) is 11.8 Å². The number of carbonyl (C=O) groups excluding carboxylic acids is 3. The van der Waals surface area contributed by atoms with Gasteiger partial charge in [-0.15, -0.1) is 0 Å². The van der Waals surface area contributed by atoms with Crippen LogP contribution in [0.2, 0.25) is 0 Å². The number of amides is 2. The minimum Gasteiger partial charge on any atom is -0.465 e. The number of benzene rings is 1. The summed E-state index contributed by atoms with van der Waals surface area (Å²) >= 11 is 3.34. The number of rotatable bonds is 10. The summed E-state index contributed by atoms with van der Waals surface area (Å²) in [6.07, 6.45) is 5.51. The largest absolute Gasteiger partial charge is 0.465 e. The third-order valence-corrected chi connectivity index (χ3v) is 5.09. The molecular formula is C19H24BrNO4. The molecule has 0 saturated carbocycles. The quantitative estimate of drug-likeness (QED) is 0.254. The van der Waals surface area contributed by atoms with Crippen molar-refractivity contribution < 1.29 is 19.1 Å². The minimum absolute atomic E-state index is 0.183. The Morgan fingerprint density at radius 3 is 2.20 bits per heavy atom. The molecule has 25 heavy (non-hydrogen) atoms. The van der Waals surface area contributed by atoms with Gasteiger partial charge in [0.05, 0.1) is 17.7 Å². The number of unbranched alkanes of at least 4 members (excludes halogenated alkanes) is 4. The van der Waals surface area contributed by atoms with Crippen LogP contribution >= 0.6 is 15.9 Å². The van der Waals surface area contributed by atoms with Gasteiger partial charge < -0.3 is 4.74 Å². The highest BCUT2D eigenvalue weighted by atomic mass is 79.9. The number of esters is 1. The van der Waals surface area contributed by atoms with Crippen LogP contribution in [0.25, 0.3) is 0 Å². The third kappa shape index (κ3) is 5.14. The number of alkyl halides is 1. The molecule has 1 heterocycles. The van der Waals surface area contributed by atoms with Crippen LogP contribution in [0.4, 0.5) is 0 Å². The lowest BCUT2D eigenvalue weighted by Crippen LogP contribution is -2.30. The van der Waals surface area contributed by atoms with Crippen molar-refractivity contribution in [3.8, 4) is 0 Å². The maximum Gasteiger partial charge on any atom is 0.319 e. The predicted molar refractivity (Wildman–Crippen MR) is 98.9 cm³/mol. The van der Waals surface area contributed by atoms with Crippen LogP contribution in [0.3, 0.4) is 0 Å². The Morgan fingerprint density at radius 1 is 1.04 bits per heavy atom. The molecule has 136 valence electrons. The Balaban J connectivity index is 1.61. The van der Waals surface area contributed by atoms with Crippen LogP contribution in [-0.2, 0) is 9.53 Å². The number of ether oxygens (including phenoxy) is 1. The molecule has 6 heteroatoms. The van der Waals surface area contributed by atoms with Gasteiger partial charge in [-0.1, -0.05) is 53.7 Å². The third-order valence-electron chi connectivity index (χ3n) is 4.26. The number of carbonyl (C=O) groups is 3. The van der Waals surface area contributed by atoms with Crippen molar-refractivity contribution in [3.05, 3.63) is 35.4 Å². The molecule has 0 bridgehead atoms. The lowest BCUT2D eigenvalue weighted by atomic mass is 10.1. The first-order chi connectivity index (χ1) is 12.1. The number of halogens is 1. The second-order valence-corrected chi connectivity index (χ2v) is 7.19. The first-order valence-corrected chi connectivity index (χ1v) is 9.73. The molecule has 1 atom stereocenters. The Bertz CT molecular complexity index is 597. The summed E-state index contributed by atoms with van der Waals surface area (Å²) < 4.78 is 4.95. The predicted octanol–water partition coefficient (Wildman–Crippen LogP) is 3.95. The van der Waals surface area contributed by atoms with E-state index in [4.69, 9.17) is 4.74 Å². The molecule has 2 rings (SSSR count). The van der Waals surface area contributed by atoms with Gasteiger partial charge in [0, 0.05) is 6.54 Å². The lowest BCUT2D eigenvalue weighted by molar-refractivity contribution is -0.142. The molecule has 0 N–H and O–H groups in total. The first-order valence-electron chi connectivity index (χ1n) is 8.82. The van der Waals surface area contributed by atoms with Crippen LogP contribution in [-0.4, -0.2) is 40.7 Å². The van der Waals surface area contributed by atoms with E-state index in [-0.39, 0.29) is 22.6 Å². The van der Waals surface area contributed by atoms with E-state index in [9.17, 15) is 14.4 Å². The van der Waals surface area contributed by atoms with E-state index < -0.39 is 0 Å². The van der Waals surface area contributed by atoms with Crippen molar-refractivity contribution in [1.29, 1.82) is 0 Å². The van der Waals surface area contributed by atoms with E-state index in [1.165, 1.54) is 4.90 Å². The number of fused-ring (bicyclic) bond motifs is 1. The fourth-order valence-corrected chi connectivity index (χ4v) is 3.37. The zero-order valence-electron chi connectivity index (χ0n) is 14.5. The van der Waals surface area contributed by atoms with Gasteiger partial charge >= 0.3 is 5.97 Å². The van der Waals surface area contributed by atoms with Crippen LogP contribution in [0.1, 0.15) is 66.2 Å². The van der Waals surface area contributed by atoms with Gasteiger partial charge in [-0.2, -0.15) is 0 Å². The van der Waals surface area contributed by atoms with Crippen LogP contribution in [0.15, 0.2) is 24.3 Å². The zero-order chi connectivity index (χ0) is 18.2. The average molecular weight is 410 g/mol. The fraction of sp³-hybridized carbons (Fsp3) is 0.526. The van der Waals surface area contributed by atoms with Crippen LogP contribution in [0.5, 0.6) is 0 Å². The molecular weight excluding hydrogens is 386 g/mol. The van der Waals surface area contributed by atoms with E-state index >= 15 is 0 Å². The number of hydrogen-bond acceptors (Lipinski definition) is 4. The fourth-order valence-electron chi connectivity index (χ4n) is 2.92. The van der Waals surface area contributed by atoms with Gasteiger partial charge in [0.1, 0.15) is 4.83 Å². The van der Waals surface area contributed by atoms with Gasteiger partial charge in [-0.05, 0) is 31.9 Å². The highest BCUT2D eigenvalue weighted by molar-refractivity contribution is 9.10. The van der Waals surface area contributed by atoms with Crippen molar-refractivity contribution in [2.75, 3.05) is 13.2 Å². The molecule has 5 nitrogen and oxygen atoms in total. The smallest absolute Gasteiger partial charge is 0.319 e. The van der Waals surface area contributed by atoms with E-state index in [0.717, 1.165) is 38.5 Å². The molecule has 1 aliphatic heterocycles. The topological polar surface area (TPSA) is 63.7 Å². The Morgan fingerprint density at radius 2 is 1.60 bits per heavy atom. The standard InChI is InChI=1S/C19H24BrNO4/c1-2-25-19(24)16(20)12-6-4-3-5-9-13-21-17(22)14-10-7-8-11-15(14)18(21)23/h7-8,10-11,16H,2-6,9,12-13H2,1H3. The SMILES string of the molecule is CCOC(=O)C(Br)CCCCCCCN1C(=O)c2ccccc2C1=O. The molecule has 1 aliphatic rings. The summed E-state index contributed by atoms with van der Waals surface area (Å²) in [7, 11) is 0. The van der Waals surface area contributed by atoms with E-state index in [2.05, 4.69) is 15.9 Å². The van der Waals surface area contributed by atoms with Crippen LogP contribution in [0, 0.1) is 0 Å². The van der Waals surface area contributed by atoms with E-state index in [0.29, 0.717) is 24.3 Å². The highest BCUT2D eigenvalue weighted by Gasteiger charge is 2.34. The molecule has 0 fully saturated rings. The summed E-state index contributed by atoms with van der Waals surface area (Å²) in [5.74, 6) is -0.567. The second-order valence-electron chi connectivity index (χ2n) is 6.08. The van der Waals surface area contributed by atoms with Crippen molar-refractivity contribution in [1.82, 2.24) is 4.90 Å². The number of imide groups is 1. The molecule has 0 aromatic heterocycles. The second kappa shape index (κ2) is 9.70. The lowest BCUT2D eigenvalue weighted by Gasteiger charge is -2.13. The molecule has 2 amide bonds. The minimum atomic E-state index is -0.231. The maximum atomic E-state index is 12.2. The molecule has 0 saturated heterocycles. The molecule has 1 unspecified atom stereocenters. The molecule has 0 spiro atoms. The molecule has 1 aromatic carbocycles. The normalized spacial score (nSPS) is 14.6. The molecule has 0 aliphatic carbocycles. The van der Waals surface area contributed by atoms with E-state index in [1.807, 2.05) is 0 Å². The summed E-state index contributed by atoms with van der Waals surface area (Å²) in [6, 6.07) is 6.97. The van der Waals surface area contributed by atoms with Gasteiger partial charge in [-0.3, -0.25) is 19.3 Å². The monoisotopic (exact) mass is 409 g/mol. The number of hydrogen-bond donors (Lipinski definition) is 0. The van der Waals surface area contributed by atoms with E-state index in [1.54, 1.807) is 31.2 Å². The van der Waals surface area contributed by atoms with Crippen molar-refractivity contribution in [2.24, 2.45) is 0 Å².